The molecule has 1 atom stereocenters. The Labute approximate surface area is 232 Å². The highest BCUT2D eigenvalue weighted by Crippen LogP contribution is 2.48. The van der Waals surface area contributed by atoms with Crippen LogP contribution in [0.2, 0.25) is 0 Å². The van der Waals surface area contributed by atoms with Crippen molar-refractivity contribution in [3.05, 3.63) is 63.7 Å². The highest BCUT2D eigenvalue weighted by molar-refractivity contribution is 5.49. The van der Waals surface area contributed by atoms with Gasteiger partial charge in [0.15, 0.2) is 0 Å². The van der Waals surface area contributed by atoms with Crippen LogP contribution < -0.4 is 4.74 Å². The number of benzene rings is 2. The first-order chi connectivity index (χ1) is 17.1. The lowest BCUT2D eigenvalue weighted by Crippen LogP contribution is -2.44. The smallest absolute Gasteiger partial charge is 0.137 e. The molecular weight excluding hydrogens is 472 g/mol. The fraction of sp³-hybridized carbons (Fsp3) is 0.647. The van der Waals surface area contributed by atoms with Crippen LogP contribution in [0.5, 0.6) is 5.75 Å². The van der Waals surface area contributed by atoms with Crippen LogP contribution in [0.1, 0.15) is 123 Å². The van der Waals surface area contributed by atoms with Gasteiger partial charge in [-0.2, -0.15) is 0 Å². The number of ether oxygens (including phenoxy) is 1. The molecule has 0 aliphatic rings. The maximum Gasteiger partial charge on any atom is 0.137 e. The highest BCUT2D eigenvalue weighted by atomic mass is 16.5. The Balaban J connectivity index is 3.04. The molecule has 4 nitrogen and oxygen atoms in total. The molecule has 0 heterocycles. The third-order valence-electron chi connectivity index (χ3n) is 7.60. The molecule has 0 saturated heterocycles. The summed E-state index contributed by atoms with van der Waals surface area (Å²) in [7, 11) is 0. The zero-order chi connectivity index (χ0) is 29.5. The van der Waals surface area contributed by atoms with Crippen molar-refractivity contribution in [1.29, 1.82) is 0 Å². The Morgan fingerprint density at radius 2 is 1.03 bits per heavy atom. The van der Waals surface area contributed by atoms with Crippen molar-refractivity contribution in [2.75, 3.05) is 19.8 Å². The average molecular weight is 527 g/mol. The van der Waals surface area contributed by atoms with Crippen molar-refractivity contribution in [2.24, 2.45) is 5.41 Å². The van der Waals surface area contributed by atoms with Gasteiger partial charge in [-0.1, -0.05) is 113 Å². The normalized spacial score (nSPS) is 14.5. The van der Waals surface area contributed by atoms with Crippen LogP contribution in [0.15, 0.2) is 30.3 Å². The summed E-state index contributed by atoms with van der Waals surface area (Å²) in [6, 6.07) is 10.7. The largest absolute Gasteiger partial charge is 0.485 e. The Morgan fingerprint density at radius 1 is 0.605 bits per heavy atom. The summed E-state index contributed by atoms with van der Waals surface area (Å²) in [6.45, 7) is 27.0. The Kier molecular flexibility index (Phi) is 9.31. The fourth-order valence-electron chi connectivity index (χ4n) is 5.02. The molecule has 3 N–H and O–H groups in total. The van der Waals surface area contributed by atoms with Gasteiger partial charge < -0.3 is 20.1 Å². The van der Waals surface area contributed by atoms with E-state index in [1.165, 1.54) is 5.56 Å². The molecule has 0 amide bonds. The first-order valence-electron chi connectivity index (χ1n) is 13.9. The van der Waals surface area contributed by atoms with Crippen LogP contribution in [0.3, 0.4) is 0 Å². The summed E-state index contributed by atoms with van der Waals surface area (Å²) in [5.41, 5.74) is 4.52. The summed E-state index contributed by atoms with van der Waals surface area (Å²) < 4.78 is 7.00. The van der Waals surface area contributed by atoms with Gasteiger partial charge >= 0.3 is 0 Å². The molecular formula is C34H54O4. The molecule has 0 aromatic heterocycles. The lowest BCUT2D eigenvalue weighted by atomic mass is 9.69. The van der Waals surface area contributed by atoms with Crippen molar-refractivity contribution in [3.63, 3.8) is 0 Å². The second-order valence-electron chi connectivity index (χ2n) is 15.3. The number of aliphatic hydroxyl groups excluding tert-OH is 3. The molecule has 0 radical (unpaired) electrons. The number of hydrogen-bond acceptors (Lipinski definition) is 4. The first-order valence-corrected chi connectivity index (χ1v) is 13.9. The molecule has 1 unspecified atom stereocenters. The molecule has 0 saturated carbocycles. The zero-order valence-electron chi connectivity index (χ0n) is 26.3. The van der Waals surface area contributed by atoms with Crippen LogP contribution in [0.4, 0.5) is 0 Å². The topological polar surface area (TPSA) is 69.9 Å². The van der Waals surface area contributed by atoms with Crippen molar-refractivity contribution < 1.29 is 20.1 Å². The predicted octanol–water partition coefficient (Wildman–Crippen LogP) is 7.27. The molecule has 2 aromatic carbocycles. The van der Waals surface area contributed by atoms with Gasteiger partial charge in [-0.05, 0) is 56.9 Å². The average Bonchev–Trinajstić information content (AvgIpc) is 2.77. The molecule has 214 valence electrons. The number of aryl methyl sites for hydroxylation is 1. The molecule has 0 aliphatic carbocycles. The van der Waals surface area contributed by atoms with E-state index < -0.39 is 31.3 Å². The minimum absolute atomic E-state index is 0.0290. The fourth-order valence-corrected chi connectivity index (χ4v) is 5.02. The van der Waals surface area contributed by atoms with Gasteiger partial charge in [0.2, 0.25) is 0 Å². The summed E-state index contributed by atoms with van der Waals surface area (Å²) in [5, 5.41) is 32.1. The quantitative estimate of drug-likeness (QED) is 0.355. The minimum atomic E-state index is -1.30. The maximum atomic E-state index is 10.7. The lowest BCUT2D eigenvalue weighted by molar-refractivity contribution is -0.0757. The van der Waals surface area contributed by atoms with Gasteiger partial charge in [0, 0.05) is 5.56 Å². The van der Waals surface area contributed by atoms with E-state index in [-0.39, 0.29) is 21.7 Å². The molecule has 38 heavy (non-hydrogen) atoms. The van der Waals surface area contributed by atoms with E-state index in [0.717, 1.165) is 27.8 Å². The van der Waals surface area contributed by atoms with Crippen molar-refractivity contribution in [1.82, 2.24) is 0 Å². The first kappa shape index (κ1) is 32.3. The third-order valence-corrected chi connectivity index (χ3v) is 7.60. The second kappa shape index (κ2) is 10.9. The van der Waals surface area contributed by atoms with Gasteiger partial charge in [0.05, 0.1) is 25.2 Å². The van der Waals surface area contributed by atoms with E-state index in [1.807, 2.05) is 6.07 Å². The van der Waals surface area contributed by atoms with Crippen molar-refractivity contribution >= 4 is 0 Å². The standard InChI is InChI=1S/C34H54O4/c1-22-16-25(32(8,9)10)28(26(17-22)33(11,12)13)29(34(19-35,20-36)21-37)38-27-15-14-23(30(2,3)4)18-24(27)31(5,6)7/h14-18,29,35-37H,19-21H2,1-13H3. The van der Waals surface area contributed by atoms with Crippen LogP contribution in [-0.2, 0) is 21.7 Å². The monoisotopic (exact) mass is 526 g/mol. The van der Waals surface area contributed by atoms with Crippen LogP contribution in [-0.4, -0.2) is 35.1 Å². The maximum absolute atomic E-state index is 10.7. The van der Waals surface area contributed by atoms with E-state index in [0.29, 0.717) is 5.75 Å². The van der Waals surface area contributed by atoms with Gasteiger partial charge in [0.1, 0.15) is 11.9 Å². The second-order valence-corrected chi connectivity index (χ2v) is 15.3. The van der Waals surface area contributed by atoms with Crippen molar-refractivity contribution in [3.8, 4) is 5.75 Å². The zero-order valence-corrected chi connectivity index (χ0v) is 26.3. The minimum Gasteiger partial charge on any atom is -0.485 e. The number of aliphatic hydroxyl groups is 3. The van der Waals surface area contributed by atoms with Crippen molar-refractivity contribution in [2.45, 2.75) is 118 Å². The number of rotatable bonds is 7. The molecule has 0 fully saturated rings. The van der Waals surface area contributed by atoms with E-state index in [4.69, 9.17) is 4.74 Å². The molecule has 2 rings (SSSR count). The van der Waals surface area contributed by atoms with E-state index in [2.05, 4.69) is 114 Å². The molecule has 0 aliphatic heterocycles. The van der Waals surface area contributed by atoms with E-state index in [9.17, 15) is 15.3 Å². The van der Waals surface area contributed by atoms with E-state index >= 15 is 0 Å². The predicted molar refractivity (Wildman–Crippen MR) is 159 cm³/mol. The molecule has 2 aromatic rings. The molecule has 0 spiro atoms. The summed E-state index contributed by atoms with van der Waals surface area (Å²) >= 11 is 0. The van der Waals surface area contributed by atoms with Gasteiger partial charge in [-0.25, -0.2) is 0 Å². The lowest BCUT2D eigenvalue weighted by Gasteiger charge is -2.42. The van der Waals surface area contributed by atoms with Crippen LogP contribution >= 0.6 is 0 Å². The van der Waals surface area contributed by atoms with Gasteiger partial charge in [-0.15, -0.1) is 0 Å². The number of hydrogen-bond donors (Lipinski definition) is 3. The summed E-state index contributed by atoms with van der Waals surface area (Å²) in [5.74, 6) is 0.704. The van der Waals surface area contributed by atoms with Gasteiger partial charge in [0.25, 0.3) is 0 Å². The summed E-state index contributed by atoms with van der Waals surface area (Å²) in [6.07, 6.45) is -0.784. The Bertz CT molecular complexity index is 1050. The van der Waals surface area contributed by atoms with Gasteiger partial charge in [-0.3, -0.25) is 0 Å². The van der Waals surface area contributed by atoms with Crippen LogP contribution in [0, 0.1) is 12.3 Å². The summed E-state index contributed by atoms with van der Waals surface area (Å²) in [4.78, 5) is 0. The Hall–Kier alpha value is -1.88. The third kappa shape index (κ3) is 6.81. The molecule has 0 bridgehead atoms. The molecule has 4 heteroatoms. The van der Waals surface area contributed by atoms with Crippen LogP contribution in [0.25, 0.3) is 0 Å². The van der Waals surface area contributed by atoms with E-state index in [1.54, 1.807) is 0 Å². The Morgan fingerprint density at radius 3 is 1.37 bits per heavy atom. The highest BCUT2D eigenvalue weighted by Gasteiger charge is 2.45. The SMILES string of the molecule is Cc1cc(C(C)(C)C)c(C(Oc2ccc(C(C)(C)C)cc2C(C)(C)C)C(CO)(CO)CO)c(C(C)(C)C)c1.